The molecule has 0 amide bonds. The summed E-state index contributed by atoms with van der Waals surface area (Å²) >= 11 is 0. The molecule has 0 bridgehead atoms. The molecule has 3 aliphatic carbocycles. The van der Waals surface area contributed by atoms with Crippen molar-refractivity contribution in [2.75, 3.05) is 0 Å². The van der Waals surface area contributed by atoms with Gasteiger partial charge in [-0.2, -0.15) is 0 Å². The highest BCUT2D eigenvalue weighted by Gasteiger charge is 2.44. The third-order valence-electron chi connectivity index (χ3n) is 7.40. The van der Waals surface area contributed by atoms with E-state index >= 15 is 0 Å². The van der Waals surface area contributed by atoms with E-state index in [9.17, 15) is 4.79 Å². The second-order valence-electron chi connectivity index (χ2n) is 9.00. The molecule has 3 saturated carbocycles. The van der Waals surface area contributed by atoms with Crippen LogP contribution in [0.15, 0.2) is 0 Å². The molecule has 138 valence electrons. The zero-order valence-electron chi connectivity index (χ0n) is 16.0. The van der Waals surface area contributed by atoms with Crippen LogP contribution in [0.2, 0.25) is 0 Å². The van der Waals surface area contributed by atoms with Gasteiger partial charge < -0.3 is 4.74 Å². The first kappa shape index (κ1) is 18.3. The van der Waals surface area contributed by atoms with Crippen LogP contribution in [0.25, 0.3) is 0 Å². The zero-order chi connectivity index (χ0) is 16.9. The van der Waals surface area contributed by atoms with E-state index in [4.69, 9.17) is 4.74 Å². The van der Waals surface area contributed by atoms with Gasteiger partial charge in [-0.25, -0.2) is 0 Å². The molecule has 4 unspecified atom stereocenters. The highest BCUT2D eigenvalue weighted by Crippen LogP contribution is 2.53. The summed E-state index contributed by atoms with van der Waals surface area (Å²) in [6.45, 7) is 3.87. The fourth-order valence-electron chi connectivity index (χ4n) is 6.31. The molecule has 24 heavy (non-hydrogen) atoms. The van der Waals surface area contributed by atoms with Crippen molar-refractivity contribution in [2.45, 2.75) is 103 Å². The van der Waals surface area contributed by atoms with Crippen LogP contribution in [0.5, 0.6) is 0 Å². The van der Waals surface area contributed by atoms with E-state index in [1.165, 1.54) is 70.6 Å². The van der Waals surface area contributed by atoms with E-state index in [1.54, 1.807) is 6.92 Å². The molecule has 0 heterocycles. The molecule has 0 spiro atoms. The minimum atomic E-state index is -0.0873. The number of fused-ring (bicyclic) bond motifs is 3. The van der Waals surface area contributed by atoms with Crippen molar-refractivity contribution in [1.82, 2.24) is 0 Å². The summed E-state index contributed by atoms with van der Waals surface area (Å²) in [5.41, 5.74) is 0. The third-order valence-corrected chi connectivity index (χ3v) is 7.40. The van der Waals surface area contributed by atoms with E-state index in [2.05, 4.69) is 6.92 Å². The number of esters is 1. The number of ether oxygens (including phenoxy) is 1. The second-order valence-corrected chi connectivity index (χ2v) is 9.00. The molecule has 0 aromatic rings. The summed E-state index contributed by atoms with van der Waals surface area (Å²) < 4.78 is 5.52. The van der Waals surface area contributed by atoms with Crippen molar-refractivity contribution in [2.24, 2.45) is 29.6 Å². The summed E-state index contributed by atoms with van der Waals surface area (Å²) in [6, 6.07) is 0. The maximum Gasteiger partial charge on any atom is 0.302 e. The Morgan fingerprint density at radius 1 is 0.875 bits per heavy atom. The number of carbonyl (C=O) groups excluding carboxylic acids is 1. The lowest BCUT2D eigenvalue weighted by Gasteiger charge is -2.50. The molecule has 0 aliphatic heterocycles. The van der Waals surface area contributed by atoms with Gasteiger partial charge in [-0.1, -0.05) is 45.4 Å². The lowest BCUT2D eigenvalue weighted by molar-refractivity contribution is -0.151. The third kappa shape index (κ3) is 4.55. The average molecular weight is 335 g/mol. The molecular formula is C22H38O2. The normalized spacial score (nSPS) is 38.9. The molecule has 0 saturated heterocycles. The minimum absolute atomic E-state index is 0.0873. The lowest BCUT2D eigenvalue weighted by Crippen LogP contribution is -2.43. The molecule has 0 radical (unpaired) electrons. The Labute approximate surface area is 149 Å². The van der Waals surface area contributed by atoms with Gasteiger partial charge in [0.25, 0.3) is 0 Å². The molecule has 3 rings (SSSR count). The van der Waals surface area contributed by atoms with Gasteiger partial charge in [0, 0.05) is 6.92 Å². The summed E-state index contributed by atoms with van der Waals surface area (Å²) in [6.07, 6.45) is 18.3. The van der Waals surface area contributed by atoms with Crippen LogP contribution in [0.3, 0.4) is 0 Å². The minimum Gasteiger partial charge on any atom is -0.463 e. The van der Waals surface area contributed by atoms with Gasteiger partial charge in [-0.3, -0.25) is 4.79 Å². The van der Waals surface area contributed by atoms with Crippen molar-refractivity contribution < 1.29 is 9.53 Å². The lowest BCUT2D eigenvalue weighted by atomic mass is 9.56. The summed E-state index contributed by atoms with van der Waals surface area (Å²) in [5, 5.41) is 0. The predicted molar refractivity (Wildman–Crippen MR) is 98.7 cm³/mol. The quantitative estimate of drug-likeness (QED) is 0.431. The molecular weight excluding hydrogens is 296 g/mol. The molecule has 3 aliphatic rings. The Kier molecular flexibility index (Phi) is 6.63. The van der Waals surface area contributed by atoms with E-state index in [0.29, 0.717) is 0 Å². The van der Waals surface area contributed by atoms with E-state index in [0.717, 1.165) is 42.4 Å². The van der Waals surface area contributed by atoms with E-state index in [-0.39, 0.29) is 12.1 Å². The Morgan fingerprint density at radius 2 is 1.58 bits per heavy atom. The largest absolute Gasteiger partial charge is 0.463 e. The van der Waals surface area contributed by atoms with Crippen molar-refractivity contribution in [3.8, 4) is 0 Å². The van der Waals surface area contributed by atoms with Gasteiger partial charge >= 0.3 is 5.97 Å². The smallest absolute Gasteiger partial charge is 0.302 e. The molecule has 3 fully saturated rings. The zero-order valence-corrected chi connectivity index (χ0v) is 16.0. The van der Waals surface area contributed by atoms with Gasteiger partial charge in [0.05, 0.1) is 0 Å². The summed E-state index contributed by atoms with van der Waals surface area (Å²) in [5.74, 6) is 4.73. The SMILES string of the molecule is CCCCCC[C@H]1CCC2C(CCC3C[C@@H](OC(C)=O)CCC32)C1. The molecule has 0 N–H and O–H groups in total. The molecule has 2 heteroatoms. The van der Waals surface area contributed by atoms with Crippen LogP contribution in [0.4, 0.5) is 0 Å². The topological polar surface area (TPSA) is 26.3 Å². The first-order valence-corrected chi connectivity index (χ1v) is 10.8. The predicted octanol–water partition coefficient (Wildman–Crippen LogP) is 6.13. The first-order valence-electron chi connectivity index (χ1n) is 10.8. The number of hydrogen-bond donors (Lipinski definition) is 0. The Bertz CT molecular complexity index is 405. The number of carbonyl (C=O) groups is 1. The number of unbranched alkanes of at least 4 members (excludes halogenated alkanes) is 3. The van der Waals surface area contributed by atoms with Gasteiger partial charge in [0.1, 0.15) is 6.10 Å². The van der Waals surface area contributed by atoms with Crippen LogP contribution < -0.4 is 0 Å². The first-order chi connectivity index (χ1) is 11.7. The average Bonchev–Trinajstić information content (AvgIpc) is 2.57. The highest BCUT2D eigenvalue weighted by atomic mass is 16.5. The Hall–Kier alpha value is -0.530. The molecule has 0 aromatic heterocycles. The Balaban J connectivity index is 1.46. The van der Waals surface area contributed by atoms with Gasteiger partial charge in [0.2, 0.25) is 0 Å². The van der Waals surface area contributed by atoms with Crippen LogP contribution in [-0.2, 0) is 9.53 Å². The van der Waals surface area contributed by atoms with Crippen LogP contribution >= 0.6 is 0 Å². The monoisotopic (exact) mass is 334 g/mol. The molecule has 0 aromatic carbocycles. The van der Waals surface area contributed by atoms with Crippen LogP contribution in [0.1, 0.15) is 97.3 Å². The van der Waals surface area contributed by atoms with Crippen molar-refractivity contribution >= 4 is 5.97 Å². The van der Waals surface area contributed by atoms with Crippen molar-refractivity contribution in [3.63, 3.8) is 0 Å². The van der Waals surface area contributed by atoms with E-state index in [1.807, 2.05) is 0 Å². The van der Waals surface area contributed by atoms with Crippen LogP contribution in [0, 0.1) is 29.6 Å². The van der Waals surface area contributed by atoms with Crippen molar-refractivity contribution in [3.05, 3.63) is 0 Å². The summed E-state index contributed by atoms with van der Waals surface area (Å²) in [4.78, 5) is 11.2. The fraction of sp³-hybridized carbons (Fsp3) is 0.955. The molecule has 6 atom stereocenters. The Morgan fingerprint density at radius 3 is 2.29 bits per heavy atom. The van der Waals surface area contributed by atoms with Crippen molar-refractivity contribution in [1.29, 1.82) is 0 Å². The van der Waals surface area contributed by atoms with Crippen LogP contribution in [-0.4, -0.2) is 12.1 Å². The fourth-order valence-corrected chi connectivity index (χ4v) is 6.31. The number of hydrogen-bond acceptors (Lipinski definition) is 2. The second kappa shape index (κ2) is 8.72. The maximum atomic E-state index is 11.2. The molecule has 2 nitrogen and oxygen atoms in total. The summed E-state index contributed by atoms with van der Waals surface area (Å²) in [7, 11) is 0. The highest BCUT2D eigenvalue weighted by molar-refractivity contribution is 5.66. The van der Waals surface area contributed by atoms with Gasteiger partial charge in [-0.15, -0.1) is 0 Å². The number of rotatable bonds is 6. The van der Waals surface area contributed by atoms with Gasteiger partial charge in [0.15, 0.2) is 0 Å². The van der Waals surface area contributed by atoms with E-state index < -0.39 is 0 Å². The maximum absolute atomic E-state index is 11.2. The standard InChI is InChI=1S/C22H38O2/c1-3-4-5-6-7-17-8-12-21-18(14-17)9-10-19-15-20(24-16(2)23)11-13-22(19)21/h17-22H,3-15H2,1-2H3/t17-,18?,19?,20-,21?,22?/m0/s1. The van der Waals surface area contributed by atoms with Gasteiger partial charge in [-0.05, 0) is 74.5 Å².